The molecule has 66 heavy (non-hydrogen) atoms. The third-order valence-electron chi connectivity index (χ3n) is 14.2. The first kappa shape index (κ1) is 47.3. The second kappa shape index (κ2) is 18.3. The minimum atomic E-state index is -4.01. The number of aromatic nitrogens is 4. The van der Waals surface area contributed by atoms with E-state index in [9.17, 15) is 43.2 Å². The molecule has 2 aliphatic heterocycles. The van der Waals surface area contributed by atoms with Crippen molar-refractivity contribution in [2.24, 2.45) is 23.7 Å². The van der Waals surface area contributed by atoms with Crippen molar-refractivity contribution in [1.29, 1.82) is 0 Å². The van der Waals surface area contributed by atoms with Crippen molar-refractivity contribution < 1.29 is 43.2 Å². The monoisotopic (exact) mass is 1000 g/mol. The lowest BCUT2D eigenvalue weighted by atomic mass is 9.88. The van der Waals surface area contributed by atoms with E-state index in [4.69, 9.17) is 23.2 Å². The summed E-state index contributed by atoms with van der Waals surface area (Å²) in [6, 6.07) is 7.33. The first-order chi connectivity index (χ1) is 31.3. The molecule has 4 aromatic rings. The van der Waals surface area contributed by atoms with Gasteiger partial charge in [-0.05, 0) is 62.1 Å². The van der Waals surface area contributed by atoms with E-state index in [1.165, 1.54) is 37.2 Å². The number of rotatable bonds is 12. The fourth-order valence-electron chi connectivity index (χ4n) is 10.6. The van der Waals surface area contributed by atoms with Gasteiger partial charge in [0.1, 0.15) is 34.1 Å². The van der Waals surface area contributed by atoms with Crippen molar-refractivity contribution in [2.75, 3.05) is 36.8 Å². The zero-order valence-corrected chi connectivity index (χ0v) is 38.6. The van der Waals surface area contributed by atoms with Gasteiger partial charge in [-0.2, -0.15) is 0 Å². The van der Waals surface area contributed by atoms with E-state index in [1.807, 2.05) is 0 Å². The van der Waals surface area contributed by atoms with E-state index >= 15 is 0 Å². The van der Waals surface area contributed by atoms with Gasteiger partial charge < -0.3 is 10.6 Å². The van der Waals surface area contributed by atoms with Crippen molar-refractivity contribution in [1.82, 2.24) is 29.7 Å². The first-order valence-corrected chi connectivity index (χ1v) is 26.1. The van der Waals surface area contributed by atoms with E-state index < -0.39 is 88.1 Å². The summed E-state index contributed by atoms with van der Waals surface area (Å²) in [7, 11) is -8.02. The molecule has 2 aromatic heterocycles. The molecule has 8 atom stereocenters. The van der Waals surface area contributed by atoms with Crippen molar-refractivity contribution in [3.8, 4) is 0 Å². The molecule has 4 saturated carbocycles. The number of hydrogen-bond donors (Lipinski definition) is 2. The van der Waals surface area contributed by atoms with Gasteiger partial charge in [-0.15, -0.1) is 0 Å². The summed E-state index contributed by atoms with van der Waals surface area (Å²) in [5.74, 6) is -10.0. The molecule has 2 N–H and O–H groups in total. The normalized spacial score (nSPS) is 29.0. The van der Waals surface area contributed by atoms with Crippen LogP contribution in [0.2, 0.25) is 10.0 Å². The maximum atomic E-state index is 14.9. The molecule has 6 aliphatic rings. The molecule has 12 nitrogen and oxygen atoms in total. The average Bonchev–Trinajstić information content (AvgIpc) is 3.70. The number of nitrogens with zero attached hydrogens (tertiary/aromatic N) is 6. The highest BCUT2D eigenvalue weighted by Crippen LogP contribution is 2.61. The number of halogens is 8. The summed E-state index contributed by atoms with van der Waals surface area (Å²) >= 11 is 12.7. The smallest absolute Gasteiger partial charge is 0.257 e. The molecule has 4 aliphatic carbocycles. The summed E-state index contributed by atoms with van der Waals surface area (Å²) in [5, 5.41) is 6.75. The zero-order chi connectivity index (χ0) is 46.8. The molecular formula is C44H48Cl2F6N8O4S2. The molecule has 6 fully saturated rings. The molecule has 0 bridgehead atoms. The second-order valence-electron chi connectivity index (χ2n) is 18.3. The van der Waals surface area contributed by atoms with Gasteiger partial charge in [-0.1, -0.05) is 48.9 Å². The first-order valence-electron chi connectivity index (χ1n) is 22.0. The number of hydrogen-bond acceptors (Lipinski definition) is 12. The van der Waals surface area contributed by atoms with Crippen LogP contribution in [0.5, 0.6) is 0 Å². The lowest BCUT2D eigenvalue weighted by Gasteiger charge is -2.40. The second-order valence-corrected chi connectivity index (χ2v) is 23.1. The highest BCUT2D eigenvalue weighted by molar-refractivity contribution is 7.91. The van der Waals surface area contributed by atoms with Crippen LogP contribution < -0.4 is 10.6 Å². The summed E-state index contributed by atoms with van der Waals surface area (Å²) in [4.78, 5) is 18.5. The molecule has 356 valence electrons. The predicted octanol–water partition coefficient (Wildman–Crippen LogP) is 8.33. The van der Waals surface area contributed by atoms with Crippen LogP contribution in [-0.2, 0) is 31.2 Å². The Morgan fingerprint density at radius 2 is 0.955 bits per heavy atom. The number of alkyl halides is 4. The number of piperidine rings is 2. The van der Waals surface area contributed by atoms with Crippen LogP contribution in [0.1, 0.15) is 62.8 Å². The van der Waals surface area contributed by atoms with Crippen LogP contribution in [0.3, 0.4) is 0 Å². The minimum Gasteiger partial charge on any atom is -0.379 e. The van der Waals surface area contributed by atoms with Gasteiger partial charge in [0, 0.05) is 86.4 Å². The Hall–Kier alpha value is -3.82. The SMILES string of the molecule is O=S(=O)(Cc1ccncn1)c1cc(Cl)c(N[C@@H]2CCCC[C@H]2N2CC3C(C2)C3(F)F)cc1F.O=S(=O)(Cc1ccncn1)c1cc(Cl)c(N[C@H]2CCCC[C@@H]2N2CC3C(C2)C3(F)F)cc1F. The molecule has 0 amide bonds. The third-order valence-corrected chi connectivity index (χ3v) is 18.2. The molecule has 2 aromatic carbocycles. The maximum absolute atomic E-state index is 14.9. The Morgan fingerprint density at radius 1 is 0.591 bits per heavy atom. The highest BCUT2D eigenvalue weighted by Gasteiger charge is 2.73. The summed E-state index contributed by atoms with van der Waals surface area (Å²) in [6.45, 7) is 1.51. The van der Waals surface area contributed by atoms with E-state index in [0.29, 0.717) is 37.6 Å². The fraction of sp³-hybridized carbons (Fsp3) is 0.545. The number of fused-ring (bicyclic) bond motifs is 2. The molecule has 4 heterocycles. The van der Waals surface area contributed by atoms with Crippen molar-refractivity contribution >= 4 is 54.3 Å². The highest BCUT2D eigenvalue weighted by atomic mass is 35.5. The Bertz CT molecular complexity index is 2460. The topological polar surface area (TPSA) is 150 Å². The fourth-order valence-corrected chi connectivity index (χ4v) is 13.9. The van der Waals surface area contributed by atoms with E-state index in [1.54, 1.807) is 0 Å². The Morgan fingerprint density at radius 3 is 1.30 bits per heavy atom. The quantitative estimate of drug-likeness (QED) is 0.132. The number of nitrogens with one attached hydrogen (secondary N) is 2. The number of likely N-dealkylation sites (tertiary alicyclic amines) is 2. The average molecular weight is 1000 g/mol. The van der Waals surface area contributed by atoms with Crippen LogP contribution in [0.4, 0.5) is 37.7 Å². The maximum Gasteiger partial charge on any atom is 0.257 e. The summed E-state index contributed by atoms with van der Waals surface area (Å²) < 4.78 is 135. The molecule has 4 unspecified atom stereocenters. The molecule has 2 saturated heterocycles. The number of benzene rings is 2. The van der Waals surface area contributed by atoms with Crippen molar-refractivity contribution in [3.05, 3.63) is 94.5 Å². The summed E-state index contributed by atoms with van der Waals surface area (Å²) in [5.41, 5.74) is 1.12. The van der Waals surface area contributed by atoms with Crippen LogP contribution in [-0.4, -0.2) is 109 Å². The molecule has 0 radical (unpaired) electrons. The van der Waals surface area contributed by atoms with Gasteiger partial charge in [-0.3, -0.25) is 9.80 Å². The Labute approximate surface area is 389 Å². The van der Waals surface area contributed by atoms with E-state index in [-0.39, 0.29) is 45.6 Å². The van der Waals surface area contributed by atoms with Gasteiger partial charge in [0.2, 0.25) is 0 Å². The van der Waals surface area contributed by atoms with Crippen LogP contribution in [0.15, 0.2) is 71.2 Å². The molecule has 0 spiro atoms. The van der Waals surface area contributed by atoms with Gasteiger partial charge in [0.15, 0.2) is 19.7 Å². The predicted molar refractivity (Wildman–Crippen MR) is 235 cm³/mol. The summed E-state index contributed by atoms with van der Waals surface area (Å²) in [6.07, 6.45) is 12.6. The van der Waals surface area contributed by atoms with E-state index in [2.05, 4.69) is 40.4 Å². The lowest BCUT2D eigenvalue weighted by molar-refractivity contribution is 0.0362. The number of sulfone groups is 2. The number of anilines is 2. The Balaban J connectivity index is 0.000000166. The van der Waals surface area contributed by atoms with Crippen LogP contribution >= 0.6 is 23.2 Å². The molecule has 22 heteroatoms. The van der Waals surface area contributed by atoms with E-state index in [0.717, 1.165) is 75.6 Å². The van der Waals surface area contributed by atoms with Gasteiger partial charge in [0.25, 0.3) is 11.8 Å². The standard InChI is InChI=1S/2C22H24ClF3N4O2S/c2*23-16-7-21(33(31,32)11-13-5-6-27-12-28-13)17(24)8-19(16)29-18-3-1-2-4-20(18)30-9-14-15(10-30)22(14,25)26/h2*5-8,12,14-15,18,20,29H,1-4,9-11H2/t2*14?,15?,18-,20-/m10/s1. The largest absolute Gasteiger partial charge is 0.379 e. The zero-order valence-electron chi connectivity index (χ0n) is 35.4. The Kier molecular flexibility index (Phi) is 13.1. The van der Waals surface area contributed by atoms with Crippen molar-refractivity contribution in [2.45, 2.75) is 109 Å². The van der Waals surface area contributed by atoms with Crippen LogP contribution in [0, 0.1) is 35.3 Å². The third kappa shape index (κ3) is 9.60. The lowest BCUT2D eigenvalue weighted by Crippen LogP contribution is -2.49. The minimum absolute atomic E-state index is 0.0580. The van der Waals surface area contributed by atoms with Gasteiger partial charge in [-0.25, -0.2) is 63.1 Å². The van der Waals surface area contributed by atoms with Gasteiger partial charge in [0.05, 0.1) is 44.3 Å². The van der Waals surface area contributed by atoms with Gasteiger partial charge >= 0.3 is 0 Å². The van der Waals surface area contributed by atoms with Crippen molar-refractivity contribution in [3.63, 3.8) is 0 Å². The van der Waals surface area contributed by atoms with Crippen LogP contribution in [0.25, 0.3) is 0 Å². The molecule has 10 rings (SSSR count). The molecular weight excluding hydrogens is 954 g/mol.